The molecule has 1 aromatic carbocycles. The summed E-state index contributed by atoms with van der Waals surface area (Å²) in [5.41, 5.74) is -1.33. The Hall–Kier alpha value is -2.33. The van der Waals surface area contributed by atoms with E-state index in [1.807, 2.05) is 6.07 Å². The van der Waals surface area contributed by atoms with E-state index in [9.17, 15) is 18.0 Å². The van der Waals surface area contributed by atoms with Crippen LogP contribution in [0.4, 0.5) is 13.2 Å². The summed E-state index contributed by atoms with van der Waals surface area (Å²) >= 11 is 6.02. The number of benzene rings is 1. The molecule has 1 unspecified atom stereocenters. The fourth-order valence-electron chi connectivity index (χ4n) is 5.73. The molecule has 4 saturated carbocycles. The van der Waals surface area contributed by atoms with Crippen molar-refractivity contribution in [3.05, 3.63) is 40.6 Å². The Kier molecular flexibility index (Phi) is 4.40. The van der Waals surface area contributed by atoms with Crippen molar-refractivity contribution in [2.75, 3.05) is 0 Å². The minimum Gasteiger partial charge on any atom is -0.480 e. The van der Waals surface area contributed by atoms with Crippen molar-refractivity contribution < 1.29 is 31.9 Å². The smallest absolute Gasteiger partial charge is 0.480 e. The molecule has 7 rings (SSSR count). The van der Waals surface area contributed by atoms with E-state index in [-0.39, 0.29) is 30.2 Å². The van der Waals surface area contributed by atoms with Gasteiger partial charge in [-0.3, -0.25) is 9.53 Å². The van der Waals surface area contributed by atoms with Gasteiger partial charge in [-0.05, 0) is 75.1 Å². The molecule has 0 spiro atoms. The van der Waals surface area contributed by atoms with Crippen molar-refractivity contribution in [1.29, 1.82) is 0 Å². The minimum absolute atomic E-state index is 0.113. The van der Waals surface area contributed by atoms with Crippen molar-refractivity contribution in [3.8, 4) is 5.75 Å². The second-order valence-electron chi connectivity index (χ2n) is 9.79. The molecule has 1 amide bonds. The van der Waals surface area contributed by atoms with Crippen LogP contribution in [0.15, 0.2) is 22.6 Å². The van der Waals surface area contributed by atoms with Crippen LogP contribution in [-0.4, -0.2) is 34.1 Å². The minimum atomic E-state index is -4.77. The number of hydrogen-bond donors (Lipinski definition) is 1. The van der Waals surface area contributed by atoms with Crippen molar-refractivity contribution in [2.24, 2.45) is 0 Å². The highest BCUT2D eigenvalue weighted by atomic mass is 35.5. The predicted molar refractivity (Wildman–Crippen MR) is 108 cm³/mol. The lowest BCUT2D eigenvalue weighted by Crippen LogP contribution is -2.77. The Balaban J connectivity index is 1.08. The van der Waals surface area contributed by atoms with Crippen molar-refractivity contribution in [3.63, 3.8) is 0 Å². The van der Waals surface area contributed by atoms with Crippen LogP contribution in [0.3, 0.4) is 0 Å². The van der Waals surface area contributed by atoms with Gasteiger partial charge in [-0.2, -0.15) is 0 Å². The predicted octanol–water partition coefficient (Wildman–Crippen LogP) is 4.32. The number of alkyl halides is 3. The van der Waals surface area contributed by atoms with E-state index in [0.29, 0.717) is 55.2 Å². The highest BCUT2D eigenvalue weighted by molar-refractivity contribution is 6.30. The average molecular weight is 484 g/mol. The van der Waals surface area contributed by atoms with Crippen LogP contribution in [0.25, 0.3) is 0 Å². The molecule has 1 atom stereocenters. The fourth-order valence-corrected chi connectivity index (χ4v) is 5.93. The van der Waals surface area contributed by atoms with Gasteiger partial charge in [0.25, 0.3) is 5.91 Å². The number of fused-ring (bicyclic) bond motifs is 1. The Morgan fingerprint density at radius 3 is 2.58 bits per heavy atom. The first-order chi connectivity index (χ1) is 15.6. The number of carbonyl (C=O) groups is 1. The summed E-state index contributed by atoms with van der Waals surface area (Å²) in [5.74, 6) is 0.718. The lowest BCUT2D eigenvalue weighted by Gasteiger charge is -2.68. The maximum atomic E-state index is 12.8. The molecule has 176 valence electrons. The number of nitrogens with one attached hydrogen (secondary N) is 1. The summed E-state index contributed by atoms with van der Waals surface area (Å²) in [6, 6.07) is 5.36. The number of aromatic nitrogens is 2. The summed E-state index contributed by atoms with van der Waals surface area (Å²) in [5, 5.41) is 11.7. The molecule has 4 fully saturated rings. The molecule has 1 N–H and O–H groups in total. The number of hydrogen-bond acceptors (Lipinski definition) is 6. The van der Waals surface area contributed by atoms with Gasteiger partial charge in [0.05, 0.1) is 5.41 Å². The van der Waals surface area contributed by atoms with E-state index in [0.717, 1.165) is 5.56 Å². The van der Waals surface area contributed by atoms with Crippen LogP contribution < -0.4 is 10.1 Å². The van der Waals surface area contributed by atoms with Gasteiger partial charge in [0.2, 0.25) is 11.8 Å². The topological polar surface area (TPSA) is 86.5 Å². The molecule has 11 heteroatoms. The van der Waals surface area contributed by atoms with Crippen LogP contribution in [-0.2, 0) is 27.0 Å². The van der Waals surface area contributed by atoms with E-state index >= 15 is 0 Å². The molecule has 7 nitrogen and oxygen atoms in total. The third kappa shape index (κ3) is 3.41. The largest absolute Gasteiger partial charge is 0.523 e. The number of ether oxygens (including phenoxy) is 2. The first-order valence-electron chi connectivity index (χ1n) is 11.0. The van der Waals surface area contributed by atoms with E-state index in [1.165, 1.54) is 0 Å². The van der Waals surface area contributed by atoms with Crippen LogP contribution >= 0.6 is 11.6 Å². The lowest BCUT2D eigenvalue weighted by atomic mass is 9.39. The van der Waals surface area contributed by atoms with Gasteiger partial charge in [-0.25, -0.2) is 0 Å². The van der Waals surface area contributed by atoms with E-state index in [2.05, 4.69) is 20.3 Å². The van der Waals surface area contributed by atoms with E-state index in [4.69, 9.17) is 20.8 Å². The zero-order valence-corrected chi connectivity index (χ0v) is 18.3. The Morgan fingerprint density at radius 1 is 1.18 bits per heavy atom. The summed E-state index contributed by atoms with van der Waals surface area (Å²) < 4.78 is 54.4. The lowest BCUT2D eigenvalue weighted by molar-refractivity contribution is -0.387. The Bertz CT molecular complexity index is 1110. The number of nitrogens with zero attached hydrogens (tertiary/aromatic N) is 2. The standard InChI is InChI=1S/C22H21ClF3N3O4/c23-13-3-5-14-12(8-13)2-4-15(31-14)16(30)27-20-9-19(10-20,11-20)17-28-29-18(32-17)21(6-1-7-21)33-22(24,25)26/h3,5,8,15H,1-2,4,6-7,9-11H2,(H,27,30). The summed E-state index contributed by atoms with van der Waals surface area (Å²) in [7, 11) is 0. The van der Waals surface area contributed by atoms with Gasteiger partial charge in [-0.15, -0.1) is 23.4 Å². The highest BCUT2D eigenvalue weighted by Gasteiger charge is 2.72. The summed E-state index contributed by atoms with van der Waals surface area (Å²) in [4.78, 5) is 12.8. The molecule has 33 heavy (non-hydrogen) atoms. The second-order valence-corrected chi connectivity index (χ2v) is 10.2. The van der Waals surface area contributed by atoms with Gasteiger partial charge in [-0.1, -0.05) is 11.6 Å². The van der Waals surface area contributed by atoms with Gasteiger partial charge < -0.3 is 14.5 Å². The molecule has 1 aliphatic heterocycles. The van der Waals surface area contributed by atoms with Crippen molar-refractivity contribution in [1.82, 2.24) is 15.5 Å². The van der Waals surface area contributed by atoms with Crippen molar-refractivity contribution in [2.45, 2.75) is 80.4 Å². The molecule has 2 aromatic rings. The zero-order valence-electron chi connectivity index (χ0n) is 17.5. The second kappa shape index (κ2) is 6.85. The van der Waals surface area contributed by atoms with Gasteiger partial charge in [0.15, 0.2) is 11.7 Å². The highest BCUT2D eigenvalue weighted by Crippen LogP contribution is 2.67. The molecule has 4 aliphatic carbocycles. The molecular formula is C22H21ClF3N3O4. The zero-order chi connectivity index (χ0) is 23.1. The maximum Gasteiger partial charge on any atom is 0.523 e. The van der Waals surface area contributed by atoms with Crippen molar-refractivity contribution >= 4 is 17.5 Å². The molecular weight excluding hydrogens is 463 g/mol. The van der Waals surface area contributed by atoms with Crippen LogP contribution in [0.1, 0.15) is 62.3 Å². The number of amides is 1. The summed E-state index contributed by atoms with van der Waals surface area (Å²) in [6.45, 7) is 0. The van der Waals surface area contributed by atoms with E-state index in [1.54, 1.807) is 12.1 Å². The Morgan fingerprint density at radius 2 is 1.91 bits per heavy atom. The quantitative estimate of drug-likeness (QED) is 0.681. The van der Waals surface area contributed by atoms with Crippen LogP contribution in [0.5, 0.6) is 5.75 Å². The SMILES string of the molecule is O=C(NC12CC(c3nnc(C4(OC(F)(F)F)CCC4)o3)(C1)C2)C1CCc2cc(Cl)ccc2O1. The Labute approximate surface area is 192 Å². The van der Waals surface area contributed by atoms with Gasteiger partial charge >= 0.3 is 6.36 Å². The number of carbonyl (C=O) groups excluding carboxylic acids is 1. The van der Waals surface area contributed by atoms with Gasteiger partial charge in [0.1, 0.15) is 5.75 Å². The molecule has 0 radical (unpaired) electrons. The fraction of sp³-hybridized carbons (Fsp3) is 0.591. The normalized spacial score (nSPS) is 31.3. The third-order valence-corrected chi connectivity index (χ3v) is 7.65. The van der Waals surface area contributed by atoms with Crippen LogP contribution in [0, 0.1) is 0 Å². The molecule has 2 bridgehead atoms. The first-order valence-corrected chi connectivity index (χ1v) is 11.4. The maximum absolute atomic E-state index is 12.8. The molecule has 1 aromatic heterocycles. The molecule has 0 saturated heterocycles. The number of rotatable bonds is 5. The summed E-state index contributed by atoms with van der Waals surface area (Å²) in [6.07, 6.45) is -1.25. The third-order valence-electron chi connectivity index (χ3n) is 7.42. The average Bonchev–Trinajstić information content (AvgIpc) is 3.15. The van der Waals surface area contributed by atoms with Crippen LogP contribution in [0.2, 0.25) is 5.02 Å². The molecule has 2 heterocycles. The molecule has 5 aliphatic rings. The number of aryl methyl sites for hydroxylation is 1. The monoisotopic (exact) mass is 483 g/mol. The number of halogens is 4. The van der Waals surface area contributed by atoms with Gasteiger partial charge in [0, 0.05) is 10.6 Å². The first kappa shape index (κ1) is 21.2. The van der Waals surface area contributed by atoms with E-state index < -0.39 is 23.5 Å².